The molecule has 2 aromatic rings. The average molecular weight is 359 g/mol. The lowest BCUT2D eigenvalue weighted by molar-refractivity contribution is 0.486. The first-order valence-corrected chi connectivity index (χ1v) is 7.30. The maximum atomic E-state index is 14.0. The number of benzene rings is 1. The van der Waals surface area contributed by atoms with Crippen LogP contribution >= 0.6 is 15.9 Å². The fourth-order valence-electron chi connectivity index (χ4n) is 2.09. The third-order valence-electron chi connectivity index (χ3n) is 2.99. The van der Waals surface area contributed by atoms with Crippen molar-refractivity contribution in [1.29, 1.82) is 0 Å². The van der Waals surface area contributed by atoms with Gasteiger partial charge in [-0.1, -0.05) is 6.92 Å². The molecule has 0 saturated carbocycles. The minimum Gasteiger partial charge on any atom is -0.306 e. The van der Waals surface area contributed by atoms with Crippen LogP contribution < -0.4 is 5.32 Å². The molecule has 0 aliphatic rings. The Labute approximate surface area is 129 Å². The quantitative estimate of drug-likeness (QED) is 0.859. The first-order chi connectivity index (χ1) is 10.0. The molecule has 0 aliphatic heterocycles. The molecule has 6 heteroatoms. The van der Waals surface area contributed by atoms with Crippen LogP contribution in [0.25, 0.3) is 0 Å². The van der Waals surface area contributed by atoms with E-state index >= 15 is 0 Å². The Kier molecular flexibility index (Phi) is 5.36. The molecule has 0 saturated heterocycles. The van der Waals surface area contributed by atoms with E-state index < -0.39 is 23.5 Å². The molecule has 1 aromatic carbocycles. The normalized spacial score (nSPS) is 12.4. The zero-order valence-corrected chi connectivity index (χ0v) is 12.9. The molecule has 1 N–H and O–H groups in total. The largest absolute Gasteiger partial charge is 0.306 e. The Bertz CT molecular complexity index is 611. The highest BCUT2D eigenvalue weighted by Gasteiger charge is 2.23. The molecule has 0 bridgehead atoms. The molecule has 1 heterocycles. The fraction of sp³-hybridized carbons (Fsp3) is 0.267. The van der Waals surface area contributed by atoms with E-state index in [-0.39, 0.29) is 5.56 Å². The van der Waals surface area contributed by atoms with Crippen LogP contribution in [0.3, 0.4) is 0 Å². The summed E-state index contributed by atoms with van der Waals surface area (Å²) in [5, 5.41) is 3.07. The van der Waals surface area contributed by atoms with Crippen molar-refractivity contribution in [3.05, 3.63) is 63.6 Å². The molecule has 21 heavy (non-hydrogen) atoms. The van der Waals surface area contributed by atoms with Crippen LogP contribution in [-0.4, -0.2) is 11.5 Å². The van der Waals surface area contributed by atoms with E-state index in [1.54, 1.807) is 12.3 Å². The second-order valence-electron chi connectivity index (χ2n) is 4.61. The van der Waals surface area contributed by atoms with Crippen LogP contribution in [0.1, 0.15) is 30.5 Å². The van der Waals surface area contributed by atoms with Crippen LogP contribution in [0, 0.1) is 17.5 Å². The summed E-state index contributed by atoms with van der Waals surface area (Å²) in [5.74, 6) is -2.77. The van der Waals surface area contributed by atoms with Gasteiger partial charge in [-0.2, -0.15) is 0 Å². The highest BCUT2D eigenvalue weighted by Crippen LogP contribution is 2.28. The minimum absolute atomic E-state index is 0.204. The van der Waals surface area contributed by atoms with Crippen molar-refractivity contribution < 1.29 is 13.2 Å². The van der Waals surface area contributed by atoms with Gasteiger partial charge >= 0.3 is 0 Å². The maximum absolute atomic E-state index is 14.0. The highest BCUT2D eigenvalue weighted by atomic mass is 79.9. The first-order valence-electron chi connectivity index (χ1n) is 6.51. The van der Waals surface area contributed by atoms with Crippen molar-refractivity contribution in [1.82, 2.24) is 10.3 Å². The number of nitrogens with zero attached hydrogens (tertiary/aromatic N) is 1. The van der Waals surface area contributed by atoms with Gasteiger partial charge in [-0.25, -0.2) is 13.2 Å². The Morgan fingerprint density at radius 3 is 2.38 bits per heavy atom. The lowest BCUT2D eigenvalue weighted by Gasteiger charge is -2.20. The molecule has 2 rings (SSSR count). The molecular weight excluding hydrogens is 345 g/mol. The maximum Gasteiger partial charge on any atom is 0.134 e. The van der Waals surface area contributed by atoms with Crippen LogP contribution in [0.2, 0.25) is 0 Å². The summed E-state index contributed by atoms with van der Waals surface area (Å²) in [6.45, 7) is 2.51. The molecule has 0 amide bonds. The van der Waals surface area contributed by atoms with Crippen molar-refractivity contribution in [3.8, 4) is 0 Å². The lowest BCUT2D eigenvalue weighted by atomic mass is 9.98. The van der Waals surface area contributed by atoms with E-state index in [0.29, 0.717) is 28.7 Å². The van der Waals surface area contributed by atoms with E-state index in [1.807, 2.05) is 6.92 Å². The average Bonchev–Trinajstić information content (AvgIpc) is 2.41. The number of hydrogen-bond donors (Lipinski definition) is 1. The summed E-state index contributed by atoms with van der Waals surface area (Å²) in [6.07, 6.45) is 3.90. The second-order valence-corrected chi connectivity index (χ2v) is 5.52. The Morgan fingerprint density at radius 2 is 1.81 bits per heavy atom. The molecule has 1 aromatic heterocycles. The van der Waals surface area contributed by atoms with Gasteiger partial charge in [0.05, 0.1) is 6.04 Å². The molecular formula is C15H14BrF3N2. The van der Waals surface area contributed by atoms with Gasteiger partial charge in [0.2, 0.25) is 0 Å². The molecule has 0 radical (unpaired) electrons. The molecule has 0 aliphatic carbocycles. The predicted octanol–water partition coefficient (Wildman–Crippen LogP) is 4.35. The number of aromatic nitrogens is 1. The molecule has 1 unspecified atom stereocenters. The standard InChI is InChI=1S/C15H14BrF3N2/c1-2-3-21-15(9-4-10(16)8-20-7-9)14-12(18)5-11(17)6-13(14)19/h4-8,15,21H,2-3H2,1H3. The van der Waals surface area contributed by atoms with Gasteiger partial charge in [0.15, 0.2) is 0 Å². The summed E-state index contributed by atoms with van der Waals surface area (Å²) in [4.78, 5) is 4.01. The Balaban J connectivity index is 2.50. The molecule has 2 nitrogen and oxygen atoms in total. The second kappa shape index (κ2) is 7.04. The van der Waals surface area contributed by atoms with E-state index in [2.05, 4.69) is 26.2 Å². The van der Waals surface area contributed by atoms with Crippen LogP contribution in [0.15, 0.2) is 35.1 Å². The number of halogens is 4. The highest BCUT2D eigenvalue weighted by molar-refractivity contribution is 9.10. The van der Waals surface area contributed by atoms with E-state index in [1.165, 1.54) is 6.20 Å². The first kappa shape index (κ1) is 16.0. The third-order valence-corrected chi connectivity index (χ3v) is 3.42. The van der Waals surface area contributed by atoms with Gasteiger partial charge in [0.1, 0.15) is 17.5 Å². The topological polar surface area (TPSA) is 24.9 Å². The minimum atomic E-state index is -0.935. The van der Waals surface area contributed by atoms with Gasteiger partial charge in [-0.15, -0.1) is 0 Å². The summed E-state index contributed by atoms with van der Waals surface area (Å²) in [5.41, 5.74) is 0.395. The van der Waals surface area contributed by atoms with Crippen molar-refractivity contribution in [2.75, 3.05) is 6.54 Å². The number of hydrogen-bond acceptors (Lipinski definition) is 2. The van der Waals surface area contributed by atoms with E-state index in [0.717, 1.165) is 6.42 Å². The Morgan fingerprint density at radius 1 is 1.14 bits per heavy atom. The molecule has 0 spiro atoms. The van der Waals surface area contributed by atoms with Crippen LogP contribution in [-0.2, 0) is 0 Å². The van der Waals surface area contributed by atoms with Gasteiger partial charge in [0.25, 0.3) is 0 Å². The van der Waals surface area contributed by atoms with Crippen LogP contribution in [0.5, 0.6) is 0 Å². The number of pyridine rings is 1. The number of rotatable bonds is 5. The summed E-state index contributed by atoms with van der Waals surface area (Å²) in [6, 6.07) is 2.37. The van der Waals surface area contributed by atoms with Gasteiger partial charge < -0.3 is 5.32 Å². The van der Waals surface area contributed by atoms with Gasteiger partial charge in [-0.05, 0) is 40.5 Å². The lowest BCUT2D eigenvalue weighted by Crippen LogP contribution is -2.25. The van der Waals surface area contributed by atoms with E-state index in [4.69, 9.17) is 0 Å². The summed E-state index contributed by atoms with van der Waals surface area (Å²) in [7, 11) is 0. The van der Waals surface area contributed by atoms with Gasteiger partial charge in [0, 0.05) is 34.6 Å². The van der Waals surface area contributed by atoms with E-state index in [9.17, 15) is 13.2 Å². The van der Waals surface area contributed by atoms with Crippen molar-refractivity contribution in [3.63, 3.8) is 0 Å². The zero-order chi connectivity index (χ0) is 15.4. The third kappa shape index (κ3) is 3.83. The number of nitrogens with one attached hydrogen (secondary N) is 1. The molecule has 112 valence electrons. The van der Waals surface area contributed by atoms with Crippen LogP contribution in [0.4, 0.5) is 13.2 Å². The summed E-state index contributed by atoms with van der Waals surface area (Å²) < 4.78 is 41.8. The predicted molar refractivity (Wildman–Crippen MR) is 78.4 cm³/mol. The van der Waals surface area contributed by atoms with Crippen molar-refractivity contribution in [2.24, 2.45) is 0 Å². The zero-order valence-electron chi connectivity index (χ0n) is 11.3. The van der Waals surface area contributed by atoms with Gasteiger partial charge in [-0.3, -0.25) is 4.98 Å². The Hall–Kier alpha value is -1.40. The smallest absolute Gasteiger partial charge is 0.134 e. The monoisotopic (exact) mass is 358 g/mol. The molecule has 0 fully saturated rings. The molecule has 1 atom stereocenters. The van der Waals surface area contributed by atoms with Crippen molar-refractivity contribution >= 4 is 15.9 Å². The SMILES string of the molecule is CCCNC(c1cncc(Br)c1)c1c(F)cc(F)cc1F. The summed E-state index contributed by atoms with van der Waals surface area (Å²) >= 11 is 3.28. The van der Waals surface area contributed by atoms with Crippen molar-refractivity contribution in [2.45, 2.75) is 19.4 Å². The fourth-order valence-corrected chi connectivity index (χ4v) is 2.47.